The quantitative estimate of drug-likeness (QED) is 0.761. The zero-order valence-corrected chi connectivity index (χ0v) is 15.3. The molecule has 2 fully saturated rings. The first kappa shape index (κ1) is 17.2. The number of hydrogen-bond acceptors (Lipinski definition) is 4. The molecule has 2 bridgehead atoms. The molecule has 0 aliphatic carbocycles. The summed E-state index contributed by atoms with van der Waals surface area (Å²) in [6.07, 6.45) is 5.55. The van der Waals surface area contributed by atoms with Gasteiger partial charge in [-0.25, -0.2) is 4.98 Å². The standard InChI is InChI=1S/C22H26N2O2/c1-26-21-12-6-11-20(23-21)22(25)17-13-18-9-5-10-19(14-17)24(18)15-16-7-3-2-4-8-16/h2-4,6-8,11-12,17-19H,5,9-10,13-15H2,1H3. The van der Waals surface area contributed by atoms with Crippen molar-refractivity contribution in [2.45, 2.75) is 50.7 Å². The van der Waals surface area contributed by atoms with Crippen LogP contribution in [0.5, 0.6) is 5.88 Å². The molecule has 26 heavy (non-hydrogen) atoms. The van der Waals surface area contributed by atoms with E-state index in [1.54, 1.807) is 13.2 Å². The van der Waals surface area contributed by atoms with Gasteiger partial charge in [0.05, 0.1) is 7.11 Å². The number of ketones is 1. The third-order valence-corrected chi connectivity index (χ3v) is 5.89. The Hall–Kier alpha value is -2.20. The molecule has 4 nitrogen and oxygen atoms in total. The van der Waals surface area contributed by atoms with Gasteiger partial charge in [-0.05, 0) is 37.3 Å². The van der Waals surface area contributed by atoms with Crippen molar-refractivity contribution in [3.63, 3.8) is 0 Å². The van der Waals surface area contributed by atoms with E-state index in [4.69, 9.17) is 4.74 Å². The van der Waals surface area contributed by atoms with E-state index >= 15 is 0 Å². The number of carbonyl (C=O) groups is 1. The third-order valence-electron chi connectivity index (χ3n) is 5.89. The van der Waals surface area contributed by atoms with Gasteiger partial charge in [0.15, 0.2) is 5.78 Å². The normalized spacial score (nSPS) is 25.7. The maximum Gasteiger partial charge on any atom is 0.213 e. The van der Waals surface area contributed by atoms with E-state index < -0.39 is 0 Å². The molecule has 136 valence electrons. The van der Waals surface area contributed by atoms with E-state index in [2.05, 4.69) is 40.2 Å². The number of hydrogen-bond donors (Lipinski definition) is 0. The summed E-state index contributed by atoms with van der Waals surface area (Å²) in [5.41, 5.74) is 1.91. The van der Waals surface area contributed by atoms with E-state index in [0.29, 0.717) is 23.7 Å². The maximum atomic E-state index is 13.0. The first-order valence-corrected chi connectivity index (χ1v) is 9.59. The number of Topliss-reactive ketones (excluding diaryl/α,β-unsaturated/α-hetero) is 1. The van der Waals surface area contributed by atoms with Crippen LogP contribution in [0.3, 0.4) is 0 Å². The Balaban J connectivity index is 1.49. The van der Waals surface area contributed by atoms with Crippen LogP contribution in [0.25, 0.3) is 0 Å². The average molecular weight is 350 g/mol. The number of rotatable bonds is 5. The predicted molar refractivity (Wildman–Crippen MR) is 101 cm³/mol. The number of ether oxygens (including phenoxy) is 1. The fourth-order valence-electron chi connectivity index (χ4n) is 4.62. The molecule has 2 unspecified atom stereocenters. The van der Waals surface area contributed by atoms with E-state index in [1.165, 1.54) is 24.8 Å². The van der Waals surface area contributed by atoms with Gasteiger partial charge in [-0.15, -0.1) is 0 Å². The summed E-state index contributed by atoms with van der Waals surface area (Å²) in [6.45, 7) is 0.995. The molecule has 2 aromatic rings. The first-order chi connectivity index (χ1) is 12.7. The van der Waals surface area contributed by atoms with Gasteiger partial charge in [0.2, 0.25) is 5.88 Å². The lowest BCUT2D eigenvalue weighted by Crippen LogP contribution is -2.52. The van der Waals surface area contributed by atoms with Crippen molar-refractivity contribution < 1.29 is 9.53 Å². The van der Waals surface area contributed by atoms with Gasteiger partial charge in [0.25, 0.3) is 0 Å². The van der Waals surface area contributed by atoms with E-state index in [-0.39, 0.29) is 11.7 Å². The molecular formula is C22H26N2O2. The summed E-state index contributed by atoms with van der Waals surface area (Å²) in [5.74, 6) is 0.773. The molecule has 0 N–H and O–H groups in total. The van der Waals surface area contributed by atoms with Crippen molar-refractivity contribution in [3.8, 4) is 5.88 Å². The van der Waals surface area contributed by atoms with Gasteiger partial charge in [-0.2, -0.15) is 0 Å². The Morgan fingerprint density at radius 1 is 1.08 bits per heavy atom. The third kappa shape index (κ3) is 3.51. The summed E-state index contributed by atoms with van der Waals surface area (Å²) < 4.78 is 5.18. The van der Waals surface area contributed by atoms with Gasteiger partial charge >= 0.3 is 0 Å². The van der Waals surface area contributed by atoms with E-state index in [9.17, 15) is 4.79 Å². The van der Waals surface area contributed by atoms with Crippen molar-refractivity contribution in [2.75, 3.05) is 7.11 Å². The first-order valence-electron chi connectivity index (χ1n) is 9.59. The summed E-state index contributed by atoms with van der Waals surface area (Å²) in [5, 5.41) is 0. The molecule has 2 aliphatic rings. The van der Waals surface area contributed by atoms with Crippen LogP contribution in [-0.2, 0) is 6.54 Å². The minimum atomic E-state index is 0.0805. The molecule has 2 atom stereocenters. The van der Waals surface area contributed by atoms with Crippen LogP contribution in [0.1, 0.15) is 48.2 Å². The summed E-state index contributed by atoms with van der Waals surface area (Å²) in [6, 6.07) is 17.1. The SMILES string of the molecule is COc1cccc(C(=O)C2CC3CCCC(C2)N3Cc2ccccc2)n1. The van der Waals surface area contributed by atoms with Gasteiger partial charge in [0, 0.05) is 30.6 Å². The van der Waals surface area contributed by atoms with Crippen molar-refractivity contribution in [2.24, 2.45) is 5.92 Å². The molecule has 3 heterocycles. The van der Waals surface area contributed by atoms with Gasteiger partial charge in [0.1, 0.15) is 5.69 Å². The zero-order valence-electron chi connectivity index (χ0n) is 15.3. The highest BCUT2D eigenvalue weighted by molar-refractivity contribution is 5.96. The Kier molecular flexibility index (Phi) is 5.02. The molecule has 4 heteroatoms. The van der Waals surface area contributed by atoms with E-state index in [0.717, 1.165) is 19.4 Å². The zero-order chi connectivity index (χ0) is 17.9. The second-order valence-corrected chi connectivity index (χ2v) is 7.49. The van der Waals surface area contributed by atoms with Gasteiger partial charge in [-0.3, -0.25) is 9.69 Å². The minimum Gasteiger partial charge on any atom is -0.481 e. The predicted octanol–water partition coefficient (Wildman–Crippen LogP) is 4.11. The van der Waals surface area contributed by atoms with Crippen LogP contribution in [0.4, 0.5) is 0 Å². The van der Waals surface area contributed by atoms with Crippen LogP contribution in [0.2, 0.25) is 0 Å². The van der Waals surface area contributed by atoms with Crippen molar-refractivity contribution in [1.82, 2.24) is 9.88 Å². The van der Waals surface area contributed by atoms with Crippen LogP contribution < -0.4 is 4.74 Å². The Labute approximate surface area is 155 Å². The summed E-state index contributed by atoms with van der Waals surface area (Å²) in [4.78, 5) is 20.0. The molecule has 0 saturated carbocycles. The van der Waals surface area contributed by atoms with Crippen LogP contribution in [0, 0.1) is 5.92 Å². The lowest BCUT2D eigenvalue weighted by molar-refractivity contribution is 0.00890. The molecule has 0 spiro atoms. The second kappa shape index (κ2) is 7.58. The highest BCUT2D eigenvalue weighted by Crippen LogP contribution is 2.39. The highest BCUT2D eigenvalue weighted by Gasteiger charge is 2.40. The fraction of sp³-hybridized carbons (Fsp3) is 0.455. The molecular weight excluding hydrogens is 324 g/mol. The van der Waals surface area contributed by atoms with Gasteiger partial charge in [-0.1, -0.05) is 42.8 Å². The van der Waals surface area contributed by atoms with Crippen LogP contribution >= 0.6 is 0 Å². The van der Waals surface area contributed by atoms with E-state index in [1.807, 2.05) is 12.1 Å². The topological polar surface area (TPSA) is 42.4 Å². The van der Waals surface area contributed by atoms with Crippen molar-refractivity contribution >= 4 is 5.78 Å². The fourth-order valence-corrected chi connectivity index (χ4v) is 4.62. The summed E-state index contributed by atoms with van der Waals surface area (Å²) in [7, 11) is 1.59. The van der Waals surface area contributed by atoms with Crippen LogP contribution in [-0.4, -0.2) is 34.9 Å². The molecule has 2 saturated heterocycles. The highest BCUT2D eigenvalue weighted by atomic mass is 16.5. The van der Waals surface area contributed by atoms with Crippen molar-refractivity contribution in [1.29, 1.82) is 0 Å². The monoisotopic (exact) mass is 350 g/mol. The Morgan fingerprint density at radius 2 is 1.81 bits per heavy atom. The lowest BCUT2D eigenvalue weighted by atomic mass is 9.76. The number of benzene rings is 1. The smallest absolute Gasteiger partial charge is 0.213 e. The molecule has 2 aliphatic heterocycles. The Bertz CT molecular complexity index is 748. The molecule has 0 radical (unpaired) electrons. The molecule has 1 aromatic carbocycles. The molecule has 1 aromatic heterocycles. The lowest BCUT2D eigenvalue weighted by Gasteiger charge is -2.48. The number of nitrogens with zero attached hydrogens (tertiary/aromatic N) is 2. The average Bonchev–Trinajstić information content (AvgIpc) is 2.68. The largest absolute Gasteiger partial charge is 0.481 e. The Morgan fingerprint density at radius 3 is 2.50 bits per heavy atom. The number of piperidine rings is 2. The van der Waals surface area contributed by atoms with Gasteiger partial charge < -0.3 is 4.74 Å². The number of fused-ring (bicyclic) bond motifs is 2. The second-order valence-electron chi connectivity index (χ2n) is 7.49. The molecule has 0 amide bonds. The molecule has 4 rings (SSSR count). The number of aromatic nitrogens is 1. The number of pyridine rings is 1. The minimum absolute atomic E-state index is 0.0805. The van der Waals surface area contributed by atoms with Crippen molar-refractivity contribution in [3.05, 3.63) is 59.8 Å². The number of carbonyl (C=O) groups excluding carboxylic acids is 1. The maximum absolute atomic E-state index is 13.0. The van der Waals surface area contributed by atoms with Crippen LogP contribution in [0.15, 0.2) is 48.5 Å². The number of methoxy groups -OCH3 is 1. The summed E-state index contributed by atoms with van der Waals surface area (Å²) >= 11 is 0.